The molecule has 2 aliphatic carbocycles. The van der Waals surface area contributed by atoms with Gasteiger partial charge in [0.2, 0.25) is 0 Å². The van der Waals surface area contributed by atoms with Crippen LogP contribution in [0.4, 0.5) is 4.79 Å². The van der Waals surface area contributed by atoms with Gasteiger partial charge in [-0.1, -0.05) is 0 Å². The monoisotopic (exact) mass is 269 g/mol. The van der Waals surface area contributed by atoms with Crippen LogP contribution in [-0.4, -0.2) is 54.2 Å². The zero-order chi connectivity index (χ0) is 13.8. The lowest BCUT2D eigenvalue weighted by molar-refractivity contribution is -0.141. The Bertz CT molecular complexity index is 344. The Hall–Kier alpha value is -1.30. The summed E-state index contributed by atoms with van der Waals surface area (Å²) in [5.41, 5.74) is 0. The van der Waals surface area contributed by atoms with Crippen molar-refractivity contribution in [2.24, 2.45) is 5.92 Å². The first kappa shape index (κ1) is 14.1. The van der Waals surface area contributed by atoms with Gasteiger partial charge in [0.05, 0.1) is 5.92 Å². The average molecular weight is 269 g/mol. The SMILES string of the molecule is CN(CCNC(=O)NC1CCC(C(=O)O)C1)C1CC1. The van der Waals surface area contributed by atoms with Crippen LogP contribution in [0.15, 0.2) is 0 Å². The Balaban J connectivity index is 1.58. The van der Waals surface area contributed by atoms with Crippen LogP contribution in [-0.2, 0) is 4.79 Å². The molecule has 0 aromatic heterocycles. The molecule has 0 heterocycles. The Labute approximate surface area is 113 Å². The first-order valence-electron chi connectivity index (χ1n) is 7.03. The van der Waals surface area contributed by atoms with E-state index in [1.807, 2.05) is 0 Å². The molecule has 2 unspecified atom stereocenters. The summed E-state index contributed by atoms with van der Waals surface area (Å²) in [6, 6.07) is 0.526. The third kappa shape index (κ3) is 4.38. The fourth-order valence-electron chi connectivity index (χ4n) is 2.62. The summed E-state index contributed by atoms with van der Waals surface area (Å²) in [4.78, 5) is 24.7. The number of carboxylic acid groups (broad SMARTS) is 1. The van der Waals surface area contributed by atoms with Crippen molar-refractivity contribution in [1.82, 2.24) is 15.5 Å². The van der Waals surface area contributed by atoms with E-state index in [1.54, 1.807) is 0 Å². The zero-order valence-electron chi connectivity index (χ0n) is 11.4. The summed E-state index contributed by atoms with van der Waals surface area (Å²) in [7, 11) is 2.08. The van der Waals surface area contributed by atoms with Gasteiger partial charge in [-0.05, 0) is 39.2 Å². The van der Waals surface area contributed by atoms with E-state index in [1.165, 1.54) is 12.8 Å². The molecule has 19 heavy (non-hydrogen) atoms. The number of aliphatic carboxylic acids is 1. The lowest BCUT2D eigenvalue weighted by atomic mass is 10.1. The predicted octanol–water partition coefficient (Wildman–Crippen LogP) is 0.633. The minimum atomic E-state index is -0.754. The van der Waals surface area contributed by atoms with Crippen LogP contribution in [0.1, 0.15) is 32.1 Å². The van der Waals surface area contributed by atoms with Gasteiger partial charge in [0.1, 0.15) is 0 Å². The van der Waals surface area contributed by atoms with Crippen molar-refractivity contribution in [3.05, 3.63) is 0 Å². The van der Waals surface area contributed by atoms with Crippen LogP contribution < -0.4 is 10.6 Å². The number of nitrogens with one attached hydrogen (secondary N) is 2. The molecule has 0 radical (unpaired) electrons. The maximum absolute atomic E-state index is 11.7. The molecule has 6 nitrogen and oxygen atoms in total. The van der Waals surface area contributed by atoms with Gasteiger partial charge in [-0.3, -0.25) is 4.79 Å². The van der Waals surface area contributed by atoms with Gasteiger partial charge in [-0.15, -0.1) is 0 Å². The zero-order valence-corrected chi connectivity index (χ0v) is 11.4. The van der Waals surface area contributed by atoms with E-state index in [4.69, 9.17) is 5.11 Å². The fraction of sp³-hybridized carbons (Fsp3) is 0.846. The van der Waals surface area contributed by atoms with Crippen molar-refractivity contribution in [2.45, 2.75) is 44.2 Å². The van der Waals surface area contributed by atoms with Gasteiger partial charge in [-0.25, -0.2) is 4.79 Å². The minimum Gasteiger partial charge on any atom is -0.481 e. The summed E-state index contributed by atoms with van der Waals surface area (Å²) >= 11 is 0. The third-order valence-corrected chi connectivity index (χ3v) is 4.04. The molecule has 2 amide bonds. The summed E-state index contributed by atoms with van der Waals surface area (Å²) in [5.74, 6) is -1.05. The molecule has 0 aromatic carbocycles. The van der Waals surface area contributed by atoms with Crippen molar-refractivity contribution >= 4 is 12.0 Å². The third-order valence-electron chi connectivity index (χ3n) is 4.04. The largest absolute Gasteiger partial charge is 0.481 e. The molecule has 2 atom stereocenters. The van der Waals surface area contributed by atoms with Crippen LogP contribution in [0.2, 0.25) is 0 Å². The minimum absolute atomic E-state index is 0.00209. The van der Waals surface area contributed by atoms with Crippen molar-refractivity contribution in [3.63, 3.8) is 0 Å². The van der Waals surface area contributed by atoms with Crippen molar-refractivity contribution < 1.29 is 14.7 Å². The van der Waals surface area contributed by atoms with Crippen molar-refractivity contribution in [1.29, 1.82) is 0 Å². The van der Waals surface area contributed by atoms with Crippen LogP contribution in [0.5, 0.6) is 0 Å². The van der Waals surface area contributed by atoms with Crippen LogP contribution in [0, 0.1) is 5.92 Å². The Morgan fingerprint density at radius 1 is 1.26 bits per heavy atom. The number of carbonyl (C=O) groups is 2. The number of carboxylic acids is 1. The number of hydrogen-bond donors (Lipinski definition) is 3. The molecule has 2 rings (SSSR count). The highest BCUT2D eigenvalue weighted by Gasteiger charge is 2.30. The van der Waals surface area contributed by atoms with Crippen LogP contribution in [0.3, 0.4) is 0 Å². The standard InChI is InChI=1S/C13H23N3O3/c1-16(11-4-5-11)7-6-14-13(19)15-10-3-2-9(8-10)12(17)18/h9-11H,2-8H2,1H3,(H,17,18)(H2,14,15,19). The second-order valence-corrected chi connectivity index (χ2v) is 5.66. The molecule has 2 aliphatic rings. The molecule has 0 spiro atoms. The maximum atomic E-state index is 11.7. The highest BCUT2D eigenvalue weighted by Crippen LogP contribution is 2.25. The number of rotatable bonds is 6. The number of amides is 2. The summed E-state index contributed by atoms with van der Waals surface area (Å²) in [6.07, 6.45) is 4.49. The topological polar surface area (TPSA) is 81.7 Å². The molecule has 0 bridgehead atoms. The van der Waals surface area contributed by atoms with Gasteiger partial charge < -0.3 is 20.6 Å². The summed E-state index contributed by atoms with van der Waals surface area (Å²) in [6.45, 7) is 1.49. The first-order valence-corrected chi connectivity index (χ1v) is 7.03. The average Bonchev–Trinajstić information content (AvgIpc) is 3.10. The molecule has 0 saturated heterocycles. The van der Waals surface area contributed by atoms with E-state index < -0.39 is 5.97 Å². The van der Waals surface area contributed by atoms with E-state index >= 15 is 0 Å². The highest BCUT2D eigenvalue weighted by molar-refractivity contribution is 5.75. The smallest absolute Gasteiger partial charge is 0.315 e. The quantitative estimate of drug-likeness (QED) is 0.660. The summed E-state index contributed by atoms with van der Waals surface area (Å²) in [5, 5.41) is 14.6. The Morgan fingerprint density at radius 2 is 2.00 bits per heavy atom. The molecule has 108 valence electrons. The van der Waals surface area contributed by atoms with E-state index in [0.717, 1.165) is 13.0 Å². The first-order chi connectivity index (χ1) is 9.06. The fourth-order valence-corrected chi connectivity index (χ4v) is 2.62. The number of urea groups is 1. The summed E-state index contributed by atoms with van der Waals surface area (Å²) < 4.78 is 0. The van der Waals surface area contributed by atoms with Crippen LogP contribution >= 0.6 is 0 Å². The van der Waals surface area contributed by atoms with Crippen molar-refractivity contribution in [3.8, 4) is 0 Å². The second-order valence-electron chi connectivity index (χ2n) is 5.66. The molecular formula is C13H23N3O3. The maximum Gasteiger partial charge on any atom is 0.315 e. The van der Waals surface area contributed by atoms with Crippen molar-refractivity contribution in [2.75, 3.05) is 20.1 Å². The van der Waals surface area contributed by atoms with E-state index in [-0.39, 0.29) is 18.0 Å². The van der Waals surface area contributed by atoms with Gasteiger partial charge in [0.25, 0.3) is 0 Å². The predicted molar refractivity (Wildman–Crippen MR) is 71.0 cm³/mol. The molecule has 2 fully saturated rings. The molecule has 0 aliphatic heterocycles. The molecular weight excluding hydrogens is 246 g/mol. The normalized spacial score (nSPS) is 26.4. The van der Waals surface area contributed by atoms with E-state index in [9.17, 15) is 9.59 Å². The number of likely N-dealkylation sites (N-methyl/N-ethyl adjacent to an activating group) is 1. The molecule has 2 saturated carbocycles. The number of nitrogens with zero attached hydrogens (tertiary/aromatic N) is 1. The van der Waals surface area contributed by atoms with Gasteiger partial charge >= 0.3 is 12.0 Å². The van der Waals surface area contributed by atoms with E-state index in [0.29, 0.717) is 25.4 Å². The van der Waals surface area contributed by atoms with Crippen LogP contribution in [0.25, 0.3) is 0 Å². The Morgan fingerprint density at radius 3 is 2.58 bits per heavy atom. The molecule has 0 aromatic rings. The molecule has 3 N–H and O–H groups in total. The highest BCUT2D eigenvalue weighted by atomic mass is 16.4. The van der Waals surface area contributed by atoms with Gasteiger partial charge in [0, 0.05) is 25.2 Å². The Kier molecular flexibility index (Phi) is 4.63. The lowest BCUT2D eigenvalue weighted by Gasteiger charge is -2.17. The van der Waals surface area contributed by atoms with Gasteiger partial charge in [0.15, 0.2) is 0 Å². The van der Waals surface area contributed by atoms with Gasteiger partial charge in [-0.2, -0.15) is 0 Å². The number of carbonyl (C=O) groups excluding carboxylic acids is 1. The van der Waals surface area contributed by atoms with E-state index in [2.05, 4.69) is 22.6 Å². The lowest BCUT2D eigenvalue weighted by Crippen LogP contribution is -2.43. The second kappa shape index (κ2) is 6.23. The molecule has 6 heteroatoms. The number of hydrogen-bond acceptors (Lipinski definition) is 3.